The highest BCUT2D eigenvalue weighted by Crippen LogP contribution is 2.24. The van der Waals surface area contributed by atoms with Gasteiger partial charge in [0.05, 0.1) is 16.8 Å². The summed E-state index contributed by atoms with van der Waals surface area (Å²) >= 11 is 7.59. The average Bonchev–Trinajstić information content (AvgIpc) is 2.88. The molecule has 0 aliphatic heterocycles. The predicted molar refractivity (Wildman–Crippen MR) is 137 cm³/mol. The number of nitrogens with zero attached hydrogens (tertiary/aromatic N) is 2. The fourth-order valence-electron chi connectivity index (χ4n) is 3.40. The van der Waals surface area contributed by atoms with Crippen LogP contribution < -0.4 is 21.9 Å². The van der Waals surface area contributed by atoms with Crippen LogP contribution in [0.15, 0.2) is 70.7 Å². The molecule has 9 nitrogen and oxygen atoms in total. The van der Waals surface area contributed by atoms with Crippen LogP contribution in [0.5, 0.6) is 0 Å². The minimum atomic E-state index is -0.689. The number of fused-ring (bicyclic) bond motifs is 1. The monoisotopic (exact) mass is 508 g/mol. The van der Waals surface area contributed by atoms with E-state index in [0.29, 0.717) is 16.2 Å². The standard InChI is InChI=1S/C24H21ClN6O3S/c1-35-24-27-12-15-9-16(23(34)30-20(15)31-24)22(33)28-18-10-14(7-8-17(18)25)21(32)29-19(11-26)13-5-3-2-4-6-13/h2-10,12,19H,11,26H2,1H3,(H,28,33)(H,29,32)(H,27,30,31,34). The summed E-state index contributed by atoms with van der Waals surface area (Å²) in [4.78, 5) is 49.3. The van der Waals surface area contributed by atoms with Gasteiger partial charge in [-0.1, -0.05) is 53.7 Å². The Labute approximate surface area is 209 Å². The first kappa shape index (κ1) is 24.4. The molecule has 0 fully saturated rings. The molecule has 0 saturated carbocycles. The largest absolute Gasteiger partial charge is 0.344 e. The Morgan fingerprint density at radius 3 is 2.63 bits per heavy atom. The van der Waals surface area contributed by atoms with Crippen LogP contribution in [0.1, 0.15) is 32.3 Å². The Hall–Kier alpha value is -3.73. The van der Waals surface area contributed by atoms with Crippen LogP contribution in [0.4, 0.5) is 5.69 Å². The molecular weight excluding hydrogens is 488 g/mol. The number of thioether (sulfide) groups is 1. The molecule has 2 aromatic carbocycles. The second kappa shape index (κ2) is 10.7. The lowest BCUT2D eigenvalue weighted by Crippen LogP contribution is -2.33. The number of carbonyl (C=O) groups excluding carboxylic acids is 2. The molecule has 0 radical (unpaired) electrons. The van der Waals surface area contributed by atoms with E-state index in [9.17, 15) is 14.4 Å². The summed E-state index contributed by atoms with van der Waals surface area (Å²) in [6.45, 7) is 0.208. The molecule has 4 rings (SSSR count). The maximum atomic E-state index is 12.9. The summed E-state index contributed by atoms with van der Waals surface area (Å²) in [6, 6.07) is 14.8. The van der Waals surface area contributed by atoms with Crippen LogP contribution in [0.3, 0.4) is 0 Å². The van der Waals surface area contributed by atoms with Crippen LogP contribution in [-0.4, -0.2) is 39.6 Å². The molecule has 178 valence electrons. The third kappa shape index (κ3) is 5.51. The molecule has 2 aromatic heterocycles. The topological polar surface area (TPSA) is 143 Å². The molecule has 0 aliphatic carbocycles. The van der Waals surface area contributed by atoms with Gasteiger partial charge in [0.1, 0.15) is 11.2 Å². The third-order valence-corrected chi connectivity index (χ3v) is 6.11. The number of benzene rings is 2. The van der Waals surface area contributed by atoms with E-state index in [4.69, 9.17) is 17.3 Å². The number of carbonyl (C=O) groups is 2. The summed E-state index contributed by atoms with van der Waals surface area (Å²) < 4.78 is 0. The number of nitrogens with one attached hydrogen (secondary N) is 3. The number of nitrogens with two attached hydrogens (primary N) is 1. The van der Waals surface area contributed by atoms with Gasteiger partial charge in [0.15, 0.2) is 5.16 Å². The number of halogens is 1. The average molecular weight is 509 g/mol. The minimum absolute atomic E-state index is 0.142. The first-order chi connectivity index (χ1) is 16.9. The number of aromatic amines is 1. The van der Waals surface area contributed by atoms with Gasteiger partial charge in [-0.3, -0.25) is 14.4 Å². The summed E-state index contributed by atoms with van der Waals surface area (Å²) in [5, 5.41) is 6.69. The van der Waals surface area contributed by atoms with Gasteiger partial charge in [-0.25, -0.2) is 9.97 Å². The highest BCUT2D eigenvalue weighted by molar-refractivity contribution is 7.98. The molecule has 2 amide bonds. The minimum Gasteiger partial charge on any atom is -0.344 e. The number of amides is 2. The number of pyridine rings is 1. The first-order valence-corrected chi connectivity index (χ1v) is 12.1. The van der Waals surface area contributed by atoms with E-state index in [0.717, 1.165) is 5.56 Å². The lowest BCUT2D eigenvalue weighted by Gasteiger charge is -2.18. The van der Waals surface area contributed by atoms with Gasteiger partial charge in [0, 0.05) is 23.7 Å². The molecule has 0 aliphatic rings. The van der Waals surface area contributed by atoms with Gasteiger partial charge >= 0.3 is 0 Å². The smallest absolute Gasteiger partial charge is 0.262 e. The van der Waals surface area contributed by atoms with Crippen molar-refractivity contribution in [1.82, 2.24) is 20.3 Å². The van der Waals surface area contributed by atoms with E-state index >= 15 is 0 Å². The summed E-state index contributed by atoms with van der Waals surface area (Å²) in [6.07, 6.45) is 3.34. The number of H-pyrrole nitrogens is 1. The molecule has 1 atom stereocenters. The Bertz CT molecular complexity index is 1460. The van der Waals surface area contributed by atoms with Gasteiger partial charge in [0.2, 0.25) is 0 Å². The molecule has 2 heterocycles. The lowest BCUT2D eigenvalue weighted by molar-refractivity contribution is 0.0936. The lowest BCUT2D eigenvalue weighted by atomic mass is 10.1. The first-order valence-electron chi connectivity index (χ1n) is 10.5. The molecular formula is C24H21ClN6O3S. The molecule has 0 spiro atoms. The zero-order chi connectivity index (χ0) is 24.9. The van der Waals surface area contributed by atoms with Crippen molar-refractivity contribution in [3.05, 3.63) is 92.9 Å². The van der Waals surface area contributed by atoms with Crippen LogP contribution in [0.2, 0.25) is 5.02 Å². The predicted octanol–water partition coefficient (Wildman–Crippen LogP) is 3.38. The molecule has 0 saturated heterocycles. The second-order valence-electron chi connectivity index (χ2n) is 7.49. The van der Waals surface area contributed by atoms with Gasteiger partial charge in [0.25, 0.3) is 17.4 Å². The highest BCUT2D eigenvalue weighted by atomic mass is 35.5. The Kier molecular flexibility index (Phi) is 7.45. The van der Waals surface area contributed by atoms with Crippen molar-refractivity contribution in [3.63, 3.8) is 0 Å². The van der Waals surface area contributed by atoms with Crippen molar-refractivity contribution in [2.45, 2.75) is 11.2 Å². The fourth-order valence-corrected chi connectivity index (χ4v) is 3.91. The van der Waals surface area contributed by atoms with Crippen molar-refractivity contribution >= 4 is 51.9 Å². The van der Waals surface area contributed by atoms with Crippen LogP contribution >= 0.6 is 23.4 Å². The van der Waals surface area contributed by atoms with E-state index in [-0.39, 0.29) is 40.3 Å². The Morgan fingerprint density at radius 1 is 1.14 bits per heavy atom. The van der Waals surface area contributed by atoms with Crippen LogP contribution in [0, 0.1) is 0 Å². The third-order valence-electron chi connectivity index (χ3n) is 5.22. The van der Waals surface area contributed by atoms with Crippen molar-refractivity contribution in [2.75, 3.05) is 18.1 Å². The molecule has 35 heavy (non-hydrogen) atoms. The van der Waals surface area contributed by atoms with E-state index in [1.54, 1.807) is 0 Å². The van der Waals surface area contributed by atoms with E-state index < -0.39 is 11.5 Å². The van der Waals surface area contributed by atoms with Crippen molar-refractivity contribution in [1.29, 1.82) is 0 Å². The summed E-state index contributed by atoms with van der Waals surface area (Å²) in [7, 11) is 0. The van der Waals surface area contributed by atoms with E-state index in [2.05, 4.69) is 25.6 Å². The van der Waals surface area contributed by atoms with Gasteiger partial charge < -0.3 is 21.4 Å². The van der Waals surface area contributed by atoms with Gasteiger partial charge in [-0.05, 0) is 36.1 Å². The van der Waals surface area contributed by atoms with Crippen molar-refractivity contribution < 1.29 is 9.59 Å². The molecule has 4 aromatic rings. The molecule has 0 bridgehead atoms. The van der Waals surface area contributed by atoms with Gasteiger partial charge in [-0.2, -0.15) is 0 Å². The quantitative estimate of drug-likeness (QED) is 0.221. The number of hydrogen-bond donors (Lipinski definition) is 4. The molecule has 1 unspecified atom stereocenters. The van der Waals surface area contributed by atoms with Crippen LogP contribution in [0.25, 0.3) is 11.0 Å². The number of anilines is 1. The number of hydrogen-bond acceptors (Lipinski definition) is 7. The molecule has 5 N–H and O–H groups in total. The van der Waals surface area contributed by atoms with Crippen molar-refractivity contribution in [2.24, 2.45) is 5.73 Å². The van der Waals surface area contributed by atoms with Crippen molar-refractivity contribution in [3.8, 4) is 0 Å². The zero-order valence-corrected chi connectivity index (χ0v) is 20.1. The SMILES string of the molecule is CSc1ncc2cc(C(=O)Nc3cc(C(=O)NC(CN)c4ccccc4)ccc3Cl)c(=O)[nH]c2n1. The number of rotatable bonds is 7. The summed E-state index contributed by atoms with van der Waals surface area (Å²) in [5.41, 5.74) is 6.75. The Balaban J connectivity index is 1.56. The highest BCUT2D eigenvalue weighted by Gasteiger charge is 2.18. The zero-order valence-electron chi connectivity index (χ0n) is 18.5. The van der Waals surface area contributed by atoms with Gasteiger partial charge in [-0.15, -0.1) is 0 Å². The Morgan fingerprint density at radius 2 is 1.91 bits per heavy atom. The maximum absolute atomic E-state index is 12.9. The summed E-state index contributed by atoms with van der Waals surface area (Å²) in [5.74, 6) is -1.08. The second-order valence-corrected chi connectivity index (χ2v) is 8.67. The molecule has 11 heteroatoms. The maximum Gasteiger partial charge on any atom is 0.262 e. The number of aromatic nitrogens is 3. The normalized spacial score (nSPS) is 11.7. The van der Waals surface area contributed by atoms with E-state index in [1.165, 1.54) is 42.2 Å². The fraction of sp³-hybridized carbons (Fsp3) is 0.125. The van der Waals surface area contributed by atoms with Crippen LogP contribution in [-0.2, 0) is 0 Å². The van der Waals surface area contributed by atoms with E-state index in [1.807, 2.05) is 36.6 Å².